The summed E-state index contributed by atoms with van der Waals surface area (Å²) in [5.41, 5.74) is -0.0534. The van der Waals surface area contributed by atoms with Crippen molar-refractivity contribution in [2.75, 3.05) is 19.0 Å². The Kier molecular flexibility index (Phi) is 6.93. The second-order valence-electron chi connectivity index (χ2n) is 4.66. The number of methoxy groups -OCH3 is 1. The number of hydrogen-bond acceptors (Lipinski definition) is 5. The Morgan fingerprint density at radius 3 is 2.50 bits per heavy atom. The van der Waals surface area contributed by atoms with Crippen molar-refractivity contribution < 1.29 is 14.6 Å². The van der Waals surface area contributed by atoms with Crippen molar-refractivity contribution in [3.8, 4) is 0 Å². The standard InChI is InChI=1S/C14H23N3O3/c1-4-10(5-2)12(20-3)6-7-15-13-9-16-11(8-17-13)14(18)19/h8-10,12H,4-7H2,1-3H3,(H,15,17)(H,18,19). The molecule has 0 aliphatic carbocycles. The molecule has 0 aliphatic heterocycles. The Bertz CT molecular complexity index is 405. The summed E-state index contributed by atoms with van der Waals surface area (Å²) in [5.74, 6) is 0.0638. The van der Waals surface area contributed by atoms with Gasteiger partial charge in [-0.25, -0.2) is 14.8 Å². The molecule has 0 saturated carbocycles. The zero-order chi connectivity index (χ0) is 15.0. The molecule has 1 rings (SSSR count). The van der Waals surface area contributed by atoms with E-state index in [2.05, 4.69) is 29.1 Å². The van der Waals surface area contributed by atoms with Gasteiger partial charge in [-0.3, -0.25) is 0 Å². The molecule has 0 saturated heterocycles. The minimum Gasteiger partial charge on any atom is -0.476 e. The first-order valence-electron chi connectivity index (χ1n) is 6.94. The molecule has 0 fully saturated rings. The average molecular weight is 281 g/mol. The molecular formula is C14H23N3O3. The first kappa shape index (κ1) is 16.4. The summed E-state index contributed by atoms with van der Waals surface area (Å²) >= 11 is 0. The van der Waals surface area contributed by atoms with Gasteiger partial charge in [0.25, 0.3) is 0 Å². The van der Waals surface area contributed by atoms with E-state index in [1.165, 1.54) is 12.4 Å². The SMILES string of the molecule is CCC(CC)C(CCNc1cnc(C(=O)O)cn1)OC. The quantitative estimate of drug-likeness (QED) is 0.723. The molecule has 6 nitrogen and oxygen atoms in total. The number of nitrogens with zero attached hydrogens (tertiary/aromatic N) is 2. The summed E-state index contributed by atoms with van der Waals surface area (Å²) in [6.07, 6.45) is 5.99. The monoisotopic (exact) mass is 281 g/mol. The van der Waals surface area contributed by atoms with Crippen LogP contribution in [0.25, 0.3) is 0 Å². The van der Waals surface area contributed by atoms with Crippen LogP contribution in [0.3, 0.4) is 0 Å². The molecule has 0 amide bonds. The first-order valence-corrected chi connectivity index (χ1v) is 6.94. The number of ether oxygens (including phenoxy) is 1. The lowest BCUT2D eigenvalue weighted by Gasteiger charge is -2.24. The van der Waals surface area contributed by atoms with Gasteiger partial charge in [-0.05, 0) is 12.3 Å². The van der Waals surface area contributed by atoms with E-state index >= 15 is 0 Å². The van der Waals surface area contributed by atoms with Gasteiger partial charge in [-0.2, -0.15) is 0 Å². The second kappa shape index (κ2) is 8.47. The fourth-order valence-electron chi connectivity index (χ4n) is 2.23. The Morgan fingerprint density at radius 2 is 2.05 bits per heavy atom. The van der Waals surface area contributed by atoms with Crippen molar-refractivity contribution >= 4 is 11.8 Å². The fourth-order valence-corrected chi connectivity index (χ4v) is 2.23. The highest BCUT2D eigenvalue weighted by atomic mass is 16.5. The maximum Gasteiger partial charge on any atom is 0.356 e. The number of carboxylic acid groups (broad SMARTS) is 1. The molecule has 2 N–H and O–H groups in total. The molecule has 1 heterocycles. The van der Waals surface area contributed by atoms with Crippen LogP contribution >= 0.6 is 0 Å². The summed E-state index contributed by atoms with van der Waals surface area (Å²) in [7, 11) is 1.74. The van der Waals surface area contributed by atoms with Gasteiger partial charge in [0.2, 0.25) is 0 Å². The molecular weight excluding hydrogens is 258 g/mol. The van der Waals surface area contributed by atoms with Crippen molar-refractivity contribution in [1.29, 1.82) is 0 Å². The summed E-state index contributed by atoms with van der Waals surface area (Å²) in [4.78, 5) is 18.5. The van der Waals surface area contributed by atoms with E-state index in [0.717, 1.165) is 25.8 Å². The number of anilines is 1. The number of carbonyl (C=O) groups is 1. The highest BCUT2D eigenvalue weighted by Gasteiger charge is 2.17. The Balaban J connectivity index is 2.44. The third-order valence-corrected chi connectivity index (χ3v) is 3.48. The van der Waals surface area contributed by atoms with Crippen LogP contribution in [0.4, 0.5) is 5.82 Å². The molecule has 1 unspecified atom stereocenters. The average Bonchev–Trinajstić information content (AvgIpc) is 2.47. The lowest BCUT2D eigenvalue weighted by atomic mass is 9.94. The minimum absolute atomic E-state index is 0.0534. The number of rotatable bonds is 9. The number of hydrogen-bond donors (Lipinski definition) is 2. The molecule has 112 valence electrons. The topological polar surface area (TPSA) is 84.3 Å². The van der Waals surface area contributed by atoms with Gasteiger partial charge in [0.1, 0.15) is 5.82 Å². The normalized spacial score (nSPS) is 12.4. The summed E-state index contributed by atoms with van der Waals surface area (Å²) < 4.78 is 5.53. The van der Waals surface area contributed by atoms with E-state index in [-0.39, 0.29) is 11.8 Å². The number of aromatic nitrogens is 2. The van der Waals surface area contributed by atoms with Crippen molar-refractivity contribution in [2.24, 2.45) is 5.92 Å². The van der Waals surface area contributed by atoms with Gasteiger partial charge < -0.3 is 15.2 Å². The highest BCUT2D eigenvalue weighted by Crippen LogP contribution is 2.18. The van der Waals surface area contributed by atoms with E-state index < -0.39 is 5.97 Å². The van der Waals surface area contributed by atoms with Crippen LogP contribution in [0.5, 0.6) is 0 Å². The Hall–Kier alpha value is -1.69. The Labute approximate surface area is 119 Å². The van der Waals surface area contributed by atoms with Gasteiger partial charge in [0.15, 0.2) is 5.69 Å². The molecule has 1 aromatic rings. The molecule has 1 aromatic heterocycles. The predicted octanol–water partition coefficient (Wildman–Crippen LogP) is 2.43. The third-order valence-electron chi connectivity index (χ3n) is 3.48. The van der Waals surface area contributed by atoms with Crippen molar-refractivity contribution in [3.63, 3.8) is 0 Å². The molecule has 0 aliphatic rings. The lowest BCUT2D eigenvalue weighted by molar-refractivity contribution is 0.0447. The maximum atomic E-state index is 10.7. The van der Waals surface area contributed by atoms with Crippen LogP contribution in [0.2, 0.25) is 0 Å². The van der Waals surface area contributed by atoms with Gasteiger partial charge in [-0.1, -0.05) is 26.7 Å². The molecule has 6 heteroatoms. The molecule has 0 bridgehead atoms. The smallest absolute Gasteiger partial charge is 0.356 e. The molecule has 0 radical (unpaired) electrons. The predicted molar refractivity (Wildman–Crippen MR) is 77.0 cm³/mol. The molecule has 0 spiro atoms. The van der Waals surface area contributed by atoms with E-state index in [4.69, 9.17) is 9.84 Å². The van der Waals surface area contributed by atoms with Gasteiger partial charge >= 0.3 is 5.97 Å². The number of nitrogens with one attached hydrogen (secondary N) is 1. The van der Waals surface area contributed by atoms with Gasteiger partial charge in [-0.15, -0.1) is 0 Å². The van der Waals surface area contributed by atoms with Crippen LogP contribution in [0.1, 0.15) is 43.6 Å². The van der Waals surface area contributed by atoms with Crippen LogP contribution in [-0.2, 0) is 4.74 Å². The molecule has 0 aromatic carbocycles. The lowest BCUT2D eigenvalue weighted by Crippen LogP contribution is -2.25. The maximum absolute atomic E-state index is 10.7. The van der Waals surface area contributed by atoms with Crippen LogP contribution < -0.4 is 5.32 Å². The Morgan fingerprint density at radius 1 is 1.35 bits per heavy atom. The summed E-state index contributed by atoms with van der Waals surface area (Å²) in [6.45, 7) is 5.06. The van der Waals surface area contributed by atoms with Crippen LogP contribution in [0, 0.1) is 5.92 Å². The van der Waals surface area contributed by atoms with Gasteiger partial charge in [0.05, 0.1) is 18.5 Å². The highest BCUT2D eigenvalue weighted by molar-refractivity contribution is 5.84. The largest absolute Gasteiger partial charge is 0.476 e. The number of carboxylic acids is 1. The van der Waals surface area contributed by atoms with E-state index in [1.54, 1.807) is 7.11 Å². The fraction of sp³-hybridized carbons (Fsp3) is 0.643. The molecule has 1 atom stereocenters. The number of aromatic carboxylic acids is 1. The van der Waals surface area contributed by atoms with Crippen molar-refractivity contribution in [2.45, 2.75) is 39.2 Å². The van der Waals surface area contributed by atoms with Crippen LogP contribution in [0.15, 0.2) is 12.4 Å². The minimum atomic E-state index is -1.07. The summed E-state index contributed by atoms with van der Waals surface area (Å²) in [5, 5.41) is 11.9. The zero-order valence-electron chi connectivity index (χ0n) is 12.3. The van der Waals surface area contributed by atoms with Crippen LogP contribution in [-0.4, -0.2) is 40.8 Å². The second-order valence-corrected chi connectivity index (χ2v) is 4.66. The zero-order valence-corrected chi connectivity index (χ0v) is 12.3. The first-order chi connectivity index (χ1) is 9.62. The van der Waals surface area contributed by atoms with Gasteiger partial charge in [0, 0.05) is 13.7 Å². The van der Waals surface area contributed by atoms with Crippen molar-refractivity contribution in [1.82, 2.24) is 9.97 Å². The third kappa shape index (κ3) is 4.77. The molecule has 20 heavy (non-hydrogen) atoms. The van der Waals surface area contributed by atoms with E-state index in [1.807, 2.05) is 0 Å². The summed E-state index contributed by atoms with van der Waals surface area (Å²) in [6, 6.07) is 0. The van der Waals surface area contributed by atoms with E-state index in [0.29, 0.717) is 11.7 Å². The van der Waals surface area contributed by atoms with E-state index in [9.17, 15) is 4.79 Å². The van der Waals surface area contributed by atoms with Crippen molar-refractivity contribution in [3.05, 3.63) is 18.1 Å².